The highest BCUT2D eigenvalue weighted by molar-refractivity contribution is 9.10. The van der Waals surface area contributed by atoms with E-state index in [1.54, 1.807) is 43.5 Å². The third kappa shape index (κ3) is 2.73. The summed E-state index contributed by atoms with van der Waals surface area (Å²) in [6.07, 6.45) is 1.77. The van der Waals surface area contributed by atoms with Crippen LogP contribution < -0.4 is 5.73 Å². The fourth-order valence-corrected chi connectivity index (χ4v) is 4.89. The molecule has 2 heterocycles. The summed E-state index contributed by atoms with van der Waals surface area (Å²) >= 11 is 4.55. The number of nitrogens with zero attached hydrogens (tertiary/aromatic N) is 3. The van der Waals surface area contributed by atoms with Crippen molar-refractivity contribution in [3.8, 4) is 0 Å². The molecule has 23 heavy (non-hydrogen) atoms. The Morgan fingerprint density at radius 2 is 1.91 bits per heavy atom. The maximum Gasteiger partial charge on any atom is 0.213 e. The molecule has 1 aromatic carbocycles. The predicted octanol–water partition coefficient (Wildman–Crippen LogP) is 2.94. The van der Waals surface area contributed by atoms with Crippen LogP contribution in [0.5, 0.6) is 0 Å². The zero-order chi connectivity index (χ0) is 16.8. The zero-order valence-corrected chi connectivity index (χ0v) is 15.5. The van der Waals surface area contributed by atoms with Gasteiger partial charge in [-0.15, -0.1) is 11.8 Å². The van der Waals surface area contributed by atoms with E-state index >= 15 is 0 Å². The van der Waals surface area contributed by atoms with Crippen LogP contribution >= 0.6 is 27.7 Å². The molecular formula is C14H13BrN4O2S2. The van der Waals surface area contributed by atoms with Crippen molar-refractivity contribution in [1.82, 2.24) is 14.6 Å². The van der Waals surface area contributed by atoms with Gasteiger partial charge in [0.2, 0.25) is 9.84 Å². The molecule has 0 amide bonds. The molecule has 2 aromatic heterocycles. The summed E-state index contributed by atoms with van der Waals surface area (Å²) < 4.78 is 28.3. The fourth-order valence-electron chi connectivity index (χ4n) is 2.23. The van der Waals surface area contributed by atoms with E-state index < -0.39 is 9.84 Å². The first-order valence-corrected chi connectivity index (χ1v) is 10.0. The van der Waals surface area contributed by atoms with Crippen molar-refractivity contribution in [2.75, 3.05) is 12.0 Å². The summed E-state index contributed by atoms with van der Waals surface area (Å²) in [6.45, 7) is 1.76. The number of aryl methyl sites for hydroxylation is 1. The highest BCUT2D eigenvalue weighted by Crippen LogP contribution is 2.33. The summed E-state index contributed by atoms with van der Waals surface area (Å²) in [5, 5.41) is 4.66. The van der Waals surface area contributed by atoms with Crippen LogP contribution in [-0.2, 0) is 9.84 Å². The largest absolute Gasteiger partial charge is 0.384 e. The predicted molar refractivity (Wildman–Crippen MR) is 93.5 cm³/mol. The number of thioether (sulfide) groups is 1. The second-order valence-electron chi connectivity index (χ2n) is 4.85. The molecule has 0 bridgehead atoms. The number of hydrogen-bond acceptors (Lipinski definition) is 6. The number of aromatic nitrogens is 3. The maximum absolute atomic E-state index is 13.1. The van der Waals surface area contributed by atoms with Crippen molar-refractivity contribution in [2.45, 2.75) is 21.7 Å². The first kappa shape index (κ1) is 16.3. The summed E-state index contributed by atoms with van der Waals surface area (Å²) in [5.41, 5.74) is 6.83. The number of halogens is 1. The van der Waals surface area contributed by atoms with Crippen molar-refractivity contribution >= 4 is 49.0 Å². The van der Waals surface area contributed by atoms with E-state index in [9.17, 15) is 8.42 Å². The summed E-state index contributed by atoms with van der Waals surface area (Å²) in [6, 6.07) is 8.12. The molecule has 6 nitrogen and oxygen atoms in total. The van der Waals surface area contributed by atoms with E-state index in [0.29, 0.717) is 16.5 Å². The van der Waals surface area contributed by atoms with Crippen LogP contribution in [0, 0.1) is 6.92 Å². The molecule has 0 aliphatic carbocycles. The first-order valence-electron chi connectivity index (χ1n) is 6.55. The molecule has 0 unspecified atom stereocenters. The minimum Gasteiger partial charge on any atom is -0.384 e. The third-order valence-corrected chi connectivity index (χ3v) is 6.39. The molecule has 2 N–H and O–H groups in total. The van der Waals surface area contributed by atoms with Crippen LogP contribution in [0.25, 0.3) is 5.65 Å². The monoisotopic (exact) mass is 412 g/mol. The third-order valence-electron chi connectivity index (χ3n) is 3.26. The Morgan fingerprint density at radius 3 is 2.52 bits per heavy atom. The van der Waals surface area contributed by atoms with Crippen LogP contribution in [-0.4, -0.2) is 29.3 Å². The molecule has 3 aromatic rings. The average Bonchev–Trinajstić information content (AvgIpc) is 2.87. The smallest absolute Gasteiger partial charge is 0.213 e. The molecule has 3 rings (SSSR count). The van der Waals surface area contributed by atoms with Crippen LogP contribution in [0.2, 0.25) is 0 Å². The lowest BCUT2D eigenvalue weighted by atomic mass is 10.4. The van der Waals surface area contributed by atoms with E-state index in [0.717, 1.165) is 4.47 Å². The average molecular weight is 413 g/mol. The van der Waals surface area contributed by atoms with Gasteiger partial charge in [0.1, 0.15) is 10.8 Å². The van der Waals surface area contributed by atoms with Gasteiger partial charge in [-0.1, -0.05) is 15.9 Å². The van der Waals surface area contributed by atoms with Gasteiger partial charge < -0.3 is 5.73 Å². The highest BCUT2D eigenvalue weighted by atomic mass is 79.9. The molecule has 0 saturated carbocycles. The zero-order valence-electron chi connectivity index (χ0n) is 12.3. The number of rotatable bonds is 3. The lowest BCUT2D eigenvalue weighted by molar-refractivity contribution is 0.594. The second kappa shape index (κ2) is 5.81. The van der Waals surface area contributed by atoms with Gasteiger partial charge in [0.15, 0.2) is 10.5 Å². The standard InChI is InChI=1S/C14H13BrN4O2S2/c1-8-7-11(16)19-13(17-8)12(14(18-19)22-2)23(20,21)10-5-3-9(15)4-6-10/h3-7H,16H2,1-2H3. The molecule has 120 valence electrons. The molecule has 9 heteroatoms. The van der Waals surface area contributed by atoms with Gasteiger partial charge in [-0.05, 0) is 37.4 Å². The SMILES string of the molecule is CSc1nn2c(N)cc(C)nc2c1S(=O)(=O)c1ccc(Br)cc1. The number of anilines is 1. The Kier molecular flexibility index (Phi) is 4.11. The molecule has 0 fully saturated rings. The minimum absolute atomic E-state index is 0.0859. The van der Waals surface area contributed by atoms with Crippen molar-refractivity contribution in [1.29, 1.82) is 0 Å². The number of hydrogen-bond donors (Lipinski definition) is 1. The highest BCUT2D eigenvalue weighted by Gasteiger charge is 2.29. The van der Waals surface area contributed by atoms with Gasteiger partial charge in [0, 0.05) is 16.2 Å². The van der Waals surface area contributed by atoms with Crippen molar-refractivity contribution in [2.24, 2.45) is 0 Å². The molecule has 0 radical (unpaired) electrons. The molecule has 0 atom stereocenters. The normalized spacial score (nSPS) is 12.0. The molecule has 0 saturated heterocycles. The van der Waals surface area contributed by atoms with Gasteiger partial charge >= 0.3 is 0 Å². The summed E-state index contributed by atoms with van der Waals surface area (Å²) in [5.74, 6) is 0.347. The van der Waals surface area contributed by atoms with E-state index in [4.69, 9.17) is 5.73 Å². The Morgan fingerprint density at radius 1 is 1.26 bits per heavy atom. The molecular weight excluding hydrogens is 400 g/mol. The number of nitrogens with two attached hydrogens (primary N) is 1. The van der Waals surface area contributed by atoms with Crippen molar-refractivity contribution < 1.29 is 8.42 Å². The number of nitrogen functional groups attached to an aromatic ring is 1. The first-order chi connectivity index (χ1) is 10.8. The lowest BCUT2D eigenvalue weighted by Crippen LogP contribution is -2.05. The van der Waals surface area contributed by atoms with E-state index in [-0.39, 0.29) is 15.4 Å². The van der Waals surface area contributed by atoms with Gasteiger partial charge in [0.25, 0.3) is 0 Å². The van der Waals surface area contributed by atoms with Gasteiger partial charge in [-0.25, -0.2) is 13.4 Å². The molecule has 0 spiro atoms. The van der Waals surface area contributed by atoms with Crippen molar-refractivity contribution in [3.05, 3.63) is 40.5 Å². The Hall–Kier alpha value is -1.58. The van der Waals surface area contributed by atoms with Crippen molar-refractivity contribution in [3.63, 3.8) is 0 Å². The van der Waals surface area contributed by atoms with Crippen LogP contribution in [0.3, 0.4) is 0 Å². The molecule has 0 aliphatic rings. The second-order valence-corrected chi connectivity index (χ2v) is 8.45. The summed E-state index contributed by atoms with van der Waals surface area (Å²) in [7, 11) is -3.76. The van der Waals surface area contributed by atoms with Gasteiger partial charge in [-0.3, -0.25) is 0 Å². The topological polar surface area (TPSA) is 90.3 Å². The van der Waals surface area contributed by atoms with Gasteiger partial charge in [-0.2, -0.15) is 9.61 Å². The van der Waals surface area contributed by atoms with Crippen LogP contribution in [0.15, 0.2) is 49.6 Å². The fraction of sp³-hybridized carbons (Fsp3) is 0.143. The minimum atomic E-state index is -3.76. The number of sulfone groups is 1. The van der Waals surface area contributed by atoms with E-state index in [1.165, 1.54) is 16.3 Å². The van der Waals surface area contributed by atoms with Gasteiger partial charge in [0.05, 0.1) is 4.90 Å². The maximum atomic E-state index is 13.1. The Labute approximate surface area is 146 Å². The summed E-state index contributed by atoms with van der Waals surface area (Å²) in [4.78, 5) is 4.61. The van der Waals surface area contributed by atoms with E-state index in [2.05, 4.69) is 26.0 Å². The van der Waals surface area contributed by atoms with Crippen LogP contribution in [0.4, 0.5) is 5.82 Å². The molecule has 0 aliphatic heterocycles. The Balaban J connectivity index is 2.36. The lowest BCUT2D eigenvalue weighted by Gasteiger charge is -2.05. The number of benzene rings is 1. The van der Waals surface area contributed by atoms with Crippen LogP contribution in [0.1, 0.15) is 5.69 Å². The Bertz CT molecular complexity index is 998. The quantitative estimate of drug-likeness (QED) is 0.664. The number of fused-ring (bicyclic) bond motifs is 1. The van der Waals surface area contributed by atoms with E-state index in [1.807, 2.05) is 0 Å².